The summed E-state index contributed by atoms with van der Waals surface area (Å²) in [5, 5.41) is 8.25. The molecule has 1 aliphatic rings. The van der Waals surface area contributed by atoms with Crippen LogP contribution in [0.3, 0.4) is 0 Å². The normalized spacial score (nSPS) is 15.4. The quantitative estimate of drug-likeness (QED) is 0.252. The van der Waals surface area contributed by atoms with Gasteiger partial charge in [-0.15, -0.1) is 11.3 Å². The summed E-state index contributed by atoms with van der Waals surface area (Å²) in [4.78, 5) is 9.57. The number of rotatable bonds is 11. The molecule has 206 valence electrons. The molecule has 0 bridgehead atoms. The summed E-state index contributed by atoms with van der Waals surface area (Å²) >= 11 is 1.61. The summed E-state index contributed by atoms with van der Waals surface area (Å²) in [5.41, 5.74) is 2.86. The maximum atomic E-state index is 11.7. The van der Waals surface area contributed by atoms with Crippen LogP contribution in [-0.2, 0) is 42.9 Å². The molecule has 0 amide bonds. The fourth-order valence-electron chi connectivity index (χ4n) is 4.55. The van der Waals surface area contributed by atoms with Gasteiger partial charge in [0.2, 0.25) is 10.0 Å². The van der Waals surface area contributed by atoms with E-state index in [0.717, 1.165) is 35.5 Å². The van der Waals surface area contributed by atoms with Crippen molar-refractivity contribution < 1.29 is 27.0 Å². The molecule has 4 aromatic rings. The number of oxazole rings is 1. The molecule has 2 aromatic carbocycles. The molecule has 9 nitrogen and oxygen atoms in total. The van der Waals surface area contributed by atoms with Gasteiger partial charge in [0.05, 0.1) is 17.2 Å². The third-order valence-corrected chi connectivity index (χ3v) is 8.73. The Morgan fingerprint density at radius 3 is 2.46 bits per heavy atom. The summed E-state index contributed by atoms with van der Waals surface area (Å²) < 4.78 is 46.7. The number of nitrogens with two attached hydrogens (primary N) is 1. The first-order valence-electron chi connectivity index (χ1n) is 12.7. The molecule has 3 heterocycles. The monoisotopic (exact) mass is 569 g/mol. The summed E-state index contributed by atoms with van der Waals surface area (Å²) in [6, 6.07) is 16.0. The van der Waals surface area contributed by atoms with Crippen LogP contribution in [0.15, 0.2) is 69.3 Å². The molecule has 1 aliphatic heterocycles. The molecular formula is C28H31N3O6S2. The number of hydrogen-bond acceptors (Lipinski definition) is 9. The molecule has 11 heteroatoms. The minimum atomic E-state index is -3.78. The van der Waals surface area contributed by atoms with Gasteiger partial charge in [-0.05, 0) is 30.7 Å². The number of aryl methyl sites for hydroxylation is 1. The minimum absolute atomic E-state index is 0.0433. The van der Waals surface area contributed by atoms with Crippen molar-refractivity contribution in [1.29, 1.82) is 0 Å². The SMILES string of the molecule is COC1(c2nc(COCCCc3nc(-c4ccccc4)c(-c4ccc(S(N)(=O)=O)cc4)o3)cs2)CCOCC1. The van der Waals surface area contributed by atoms with Gasteiger partial charge < -0.3 is 18.6 Å². The topological polar surface area (TPSA) is 127 Å². The number of primary sulfonamides is 1. The Balaban J connectivity index is 1.22. The van der Waals surface area contributed by atoms with Gasteiger partial charge >= 0.3 is 0 Å². The zero-order valence-corrected chi connectivity index (χ0v) is 23.3. The van der Waals surface area contributed by atoms with E-state index in [1.165, 1.54) is 12.1 Å². The molecule has 0 saturated carbocycles. The molecule has 2 aromatic heterocycles. The highest BCUT2D eigenvalue weighted by atomic mass is 32.2. The first kappa shape index (κ1) is 27.6. The molecule has 39 heavy (non-hydrogen) atoms. The van der Waals surface area contributed by atoms with Gasteiger partial charge in [-0.1, -0.05) is 30.3 Å². The smallest absolute Gasteiger partial charge is 0.238 e. The van der Waals surface area contributed by atoms with E-state index in [1.807, 2.05) is 35.7 Å². The highest BCUT2D eigenvalue weighted by Crippen LogP contribution is 2.37. The van der Waals surface area contributed by atoms with Crippen LogP contribution in [-0.4, -0.2) is 45.3 Å². The summed E-state index contributed by atoms with van der Waals surface area (Å²) in [7, 11) is -2.04. The van der Waals surface area contributed by atoms with E-state index in [1.54, 1.807) is 30.6 Å². The van der Waals surface area contributed by atoms with Gasteiger partial charge in [0.25, 0.3) is 0 Å². The van der Waals surface area contributed by atoms with Crippen LogP contribution in [0.5, 0.6) is 0 Å². The van der Waals surface area contributed by atoms with Crippen LogP contribution in [0.1, 0.15) is 35.9 Å². The molecule has 2 N–H and O–H groups in total. The zero-order chi connectivity index (χ0) is 27.3. The average Bonchev–Trinajstić information content (AvgIpc) is 3.61. The van der Waals surface area contributed by atoms with Gasteiger partial charge in [0.15, 0.2) is 11.7 Å². The van der Waals surface area contributed by atoms with E-state index >= 15 is 0 Å². The number of aromatic nitrogens is 2. The second-order valence-corrected chi connectivity index (χ2v) is 11.8. The molecular weight excluding hydrogens is 538 g/mol. The van der Waals surface area contributed by atoms with Crippen LogP contribution in [0.2, 0.25) is 0 Å². The summed E-state index contributed by atoms with van der Waals surface area (Å²) in [6.07, 6.45) is 2.91. The zero-order valence-electron chi connectivity index (χ0n) is 21.7. The lowest BCUT2D eigenvalue weighted by atomic mass is 9.95. The lowest BCUT2D eigenvalue weighted by Gasteiger charge is -2.33. The fourth-order valence-corrected chi connectivity index (χ4v) is 6.10. The average molecular weight is 570 g/mol. The van der Waals surface area contributed by atoms with Crippen molar-refractivity contribution >= 4 is 21.4 Å². The van der Waals surface area contributed by atoms with E-state index in [9.17, 15) is 8.42 Å². The fraction of sp³-hybridized carbons (Fsp3) is 0.357. The molecule has 5 rings (SSSR count). The summed E-state index contributed by atoms with van der Waals surface area (Å²) in [5.74, 6) is 1.16. The molecule has 0 radical (unpaired) electrons. The van der Waals surface area contributed by atoms with E-state index in [-0.39, 0.29) is 10.5 Å². The Morgan fingerprint density at radius 2 is 1.77 bits per heavy atom. The Morgan fingerprint density at radius 1 is 1.03 bits per heavy atom. The van der Waals surface area contributed by atoms with Crippen LogP contribution in [0.25, 0.3) is 22.6 Å². The predicted octanol–water partition coefficient (Wildman–Crippen LogP) is 4.91. The van der Waals surface area contributed by atoms with Crippen LogP contribution in [0, 0.1) is 0 Å². The van der Waals surface area contributed by atoms with Gasteiger partial charge in [-0.3, -0.25) is 0 Å². The number of thiazole rings is 1. The highest BCUT2D eigenvalue weighted by molar-refractivity contribution is 7.89. The van der Waals surface area contributed by atoms with Crippen LogP contribution < -0.4 is 5.14 Å². The second kappa shape index (κ2) is 12.1. The number of nitrogens with zero attached hydrogens (tertiary/aromatic N) is 2. The number of ether oxygens (including phenoxy) is 3. The Labute approximate surface area is 232 Å². The van der Waals surface area contributed by atoms with Crippen molar-refractivity contribution in [2.24, 2.45) is 5.14 Å². The van der Waals surface area contributed by atoms with Gasteiger partial charge in [0.1, 0.15) is 16.3 Å². The molecule has 1 fully saturated rings. The minimum Gasteiger partial charge on any atom is -0.440 e. The van der Waals surface area contributed by atoms with Crippen LogP contribution >= 0.6 is 11.3 Å². The Bertz CT molecular complexity index is 1480. The van der Waals surface area contributed by atoms with Crippen LogP contribution in [0.4, 0.5) is 0 Å². The van der Waals surface area contributed by atoms with E-state index in [2.05, 4.69) is 0 Å². The van der Waals surface area contributed by atoms with E-state index in [4.69, 9.17) is 33.7 Å². The predicted molar refractivity (Wildman–Crippen MR) is 148 cm³/mol. The maximum absolute atomic E-state index is 11.7. The Kier molecular flexibility index (Phi) is 8.55. The van der Waals surface area contributed by atoms with E-state index < -0.39 is 10.0 Å². The molecule has 0 spiro atoms. The standard InChI is InChI=1S/C28H31N3O6S2/c1-34-28(13-16-35-17-14-28)27-30-22(19-38-27)18-36-15-5-8-24-31-25(20-6-3-2-4-7-20)26(37-24)21-9-11-23(12-10-21)39(29,32)33/h2-4,6-7,9-12,19H,5,8,13-18H2,1H3,(H2,29,32,33). The van der Waals surface area contributed by atoms with Gasteiger partial charge in [0, 0.05) is 62.7 Å². The van der Waals surface area contributed by atoms with E-state index in [0.29, 0.717) is 55.8 Å². The molecule has 1 saturated heterocycles. The third-order valence-electron chi connectivity index (χ3n) is 6.73. The van der Waals surface area contributed by atoms with Crippen molar-refractivity contribution in [2.75, 3.05) is 26.9 Å². The van der Waals surface area contributed by atoms with Gasteiger partial charge in [-0.2, -0.15) is 0 Å². The van der Waals surface area contributed by atoms with Crippen molar-refractivity contribution in [1.82, 2.24) is 9.97 Å². The van der Waals surface area contributed by atoms with Gasteiger partial charge in [-0.25, -0.2) is 23.5 Å². The third kappa shape index (κ3) is 6.46. The maximum Gasteiger partial charge on any atom is 0.238 e. The second-order valence-electron chi connectivity index (χ2n) is 9.33. The first-order chi connectivity index (χ1) is 18.9. The number of benzene rings is 2. The molecule has 0 atom stereocenters. The number of methoxy groups -OCH3 is 1. The summed E-state index contributed by atoms with van der Waals surface area (Å²) in [6.45, 7) is 2.30. The lowest BCUT2D eigenvalue weighted by molar-refractivity contribution is -0.0949. The Hall–Kier alpha value is -2.93. The highest BCUT2D eigenvalue weighted by Gasteiger charge is 2.37. The molecule has 0 aliphatic carbocycles. The molecule has 0 unspecified atom stereocenters. The van der Waals surface area contributed by atoms with Crippen molar-refractivity contribution in [3.05, 3.63) is 76.6 Å². The lowest BCUT2D eigenvalue weighted by Crippen LogP contribution is -2.35. The van der Waals surface area contributed by atoms with Crippen molar-refractivity contribution in [3.8, 4) is 22.6 Å². The van der Waals surface area contributed by atoms with Crippen molar-refractivity contribution in [2.45, 2.75) is 42.8 Å². The largest absolute Gasteiger partial charge is 0.440 e. The number of hydrogen-bond donors (Lipinski definition) is 1. The van der Waals surface area contributed by atoms with Crippen molar-refractivity contribution in [3.63, 3.8) is 0 Å². The first-order valence-corrected chi connectivity index (χ1v) is 15.1. The number of sulfonamides is 1.